The number of carbonyl (C=O) groups is 1. The Bertz CT molecular complexity index is 285. The van der Waals surface area contributed by atoms with Gasteiger partial charge in [-0.15, -0.1) is 0 Å². The molecule has 18 heavy (non-hydrogen) atoms. The van der Waals surface area contributed by atoms with E-state index in [2.05, 4.69) is 10.6 Å². The number of carbonyl (C=O) groups excluding carboxylic acids is 1. The van der Waals surface area contributed by atoms with Crippen LogP contribution < -0.4 is 10.6 Å². The van der Waals surface area contributed by atoms with Crippen LogP contribution in [-0.4, -0.2) is 66.1 Å². The minimum Gasteiger partial charge on any atom is -0.426 e. The number of piperidine rings is 1. The van der Waals surface area contributed by atoms with Gasteiger partial charge in [0.15, 0.2) is 0 Å². The summed E-state index contributed by atoms with van der Waals surface area (Å²) in [4.78, 5) is 13.6. The molecular weight excluding hydrogens is 233 g/mol. The van der Waals surface area contributed by atoms with Crippen molar-refractivity contribution in [2.45, 2.75) is 37.7 Å². The van der Waals surface area contributed by atoms with Gasteiger partial charge in [-0.25, -0.2) is 0 Å². The van der Waals surface area contributed by atoms with E-state index in [0.29, 0.717) is 19.0 Å². The molecule has 0 aromatic heterocycles. The zero-order chi connectivity index (χ0) is 13.0. The molecule has 0 saturated carbocycles. The fourth-order valence-corrected chi connectivity index (χ4v) is 2.77. The molecule has 0 spiro atoms. The Labute approximate surface area is 108 Å². The SMILES string of the molecule is O=C(CNC1CCCNC1)N1CCC[C@H]1B(O)O. The Morgan fingerprint density at radius 3 is 2.89 bits per heavy atom. The Balaban J connectivity index is 1.76. The molecule has 2 saturated heterocycles. The van der Waals surface area contributed by atoms with E-state index in [9.17, 15) is 14.8 Å². The topological polar surface area (TPSA) is 84.8 Å². The molecular formula is C11H22BN3O3. The molecule has 1 unspecified atom stereocenters. The van der Waals surface area contributed by atoms with Gasteiger partial charge in [0.05, 0.1) is 12.5 Å². The molecule has 7 heteroatoms. The summed E-state index contributed by atoms with van der Waals surface area (Å²) in [6.45, 7) is 2.87. The van der Waals surface area contributed by atoms with Gasteiger partial charge in [0.2, 0.25) is 5.91 Å². The van der Waals surface area contributed by atoms with Gasteiger partial charge in [-0.05, 0) is 32.2 Å². The second kappa shape index (κ2) is 6.52. The second-order valence-electron chi connectivity index (χ2n) is 5.13. The molecule has 2 aliphatic rings. The maximum atomic E-state index is 12.0. The average Bonchev–Trinajstić information content (AvgIpc) is 2.86. The smallest absolute Gasteiger partial charge is 0.426 e. The maximum Gasteiger partial charge on any atom is 0.475 e. The van der Waals surface area contributed by atoms with E-state index in [0.717, 1.165) is 32.4 Å². The zero-order valence-corrected chi connectivity index (χ0v) is 10.6. The molecule has 0 aromatic carbocycles. The second-order valence-corrected chi connectivity index (χ2v) is 5.13. The molecule has 2 rings (SSSR count). The minimum absolute atomic E-state index is 0.0313. The first kappa shape index (κ1) is 13.8. The van der Waals surface area contributed by atoms with Crippen molar-refractivity contribution >= 4 is 13.0 Å². The Morgan fingerprint density at radius 2 is 2.22 bits per heavy atom. The van der Waals surface area contributed by atoms with Crippen molar-refractivity contribution in [3.8, 4) is 0 Å². The fraction of sp³-hybridized carbons (Fsp3) is 0.909. The molecule has 2 fully saturated rings. The summed E-state index contributed by atoms with van der Waals surface area (Å²) in [5, 5.41) is 25.0. The predicted molar refractivity (Wildman–Crippen MR) is 68.8 cm³/mol. The highest BCUT2D eigenvalue weighted by atomic mass is 16.4. The van der Waals surface area contributed by atoms with Crippen molar-refractivity contribution in [3.63, 3.8) is 0 Å². The standard InChI is InChI=1S/C11H22BN3O3/c16-11(8-14-9-3-1-5-13-7-9)15-6-2-4-10(15)12(17)18/h9-10,13-14,17-18H,1-8H2/t9?,10-/m0/s1. The monoisotopic (exact) mass is 255 g/mol. The van der Waals surface area contributed by atoms with Crippen molar-refractivity contribution in [2.75, 3.05) is 26.2 Å². The highest BCUT2D eigenvalue weighted by Gasteiger charge is 2.36. The fourth-order valence-electron chi connectivity index (χ4n) is 2.77. The number of likely N-dealkylation sites (tertiary alicyclic amines) is 1. The van der Waals surface area contributed by atoms with Gasteiger partial charge in [-0.3, -0.25) is 4.79 Å². The van der Waals surface area contributed by atoms with E-state index in [1.54, 1.807) is 4.90 Å². The van der Waals surface area contributed by atoms with Crippen LogP contribution in [0.25, 0.3) is 0 Å². The van der Waals surface area contributed by atoms with Crippen LogP contribution in [-0.2, 0) is 4.79 Å². The van der Waals surface area contributed by atoms with Gasteiger partial charge in [0, 0.05) is 19.1 Å². The molecule has 0 radical (unpaired) electrons. The Kier molecular flexibility index (Phi) is 4.99. The highest BCUT2D eigenvalue weighted by Crippen LogP contribution is 2.17. The number of hydrogen-bond acceptors (Lipinski definition) is 5. The third-order valence-corrected chi connectivity index (χ3v) is 3.80. The Hall–Kier alpha value is -0.625. The lowest BCUT2D eigenvalue weighted by atomic mass is 9.78. The van der Waals surface area contributed by atoms with Crippen LogP contribution in [0.3, 0.4) is 0 Å². The highest BCUT2D eigenvalue weighted by molar-refractivity contribution is 6.43. The van der Waals surface area contributed by atoms with Crippen LogP contribution >= 0.6 is 0 Å². The third-order valence-electron chi connectivity index (χ3n) is 3.80. The van der Waals surface area contributed by atoms with E-state index < -0.39 is 13.1 Å². The van der Waals surface area contributed by atoms with Crippen molar-refractivity contribution in [1.29, 1.82) is 0 Å². The summed E-state index contributed by atoms with van der Waals surface area (Å²) in [6.07, 6.45) is 3.74. The minimum atomic E-state index is -1.42. The average molecular weight is 255 g/mol. The van der Waals surface area contributed by atoms with Gasteiger partial charge in [0.25, 0.3) is 0 Å². The van der Waals surface area contributed by atoms with Gasteiger partial charge in [0.1, 0.15) is 0 Å². The van der Waals surface area contributed by atoms with Crippen LogP contribution in [0.2, 0.25) is 0 Å². The number of hydrogen-bond donors (Lipinski definition) is 4. The molecule has 2 heterocycles. The zero-order valence-electron chi connectivity index (χ0n) is 10.6. The first-order valence-electron chi connectivity index (χ1n) is 6.78. The molecule has 102 valence electrons. The summed E-state index contributed by atoms with van der Waals surface area (Å²) in [5.41, 5.74) is 0. The van der Waals surface area contributed by atoms with Crippen LogP contribution in [0.1, 0.15) is 25.7 Å². The van der Waals surface area contributed by atoms with Crippen molar-refractivity contribution in [2.24, 2.45) is 0 Å². The normalized spacial score (nSPS) is 28.4. The van der Waals surface area contributed by atoms with Crippen molar-refractivity contribution in [3.05, 3.63) is 0 Å². The van der Waals surface area contributed by atoms with Crippen molar-refractivity contribution in [1.82, 2.24) is 15.5 Å². The molecule has 1 amide bonds. The van der Waals surface area contributed by atoms with Gasteiger partial charge < -0.3 is 25.6 Å². The largest absolute Gasteiger partial charge is 0.475 e. The summed E-state index contributed by atoms with van der Waals surface area (Å²) in [7, 11) is -1.42. The van der Waals surface area contributed by atoms with Crippen LogP contribution in [0.5, 0.6) is 0 Å². The Morgan fingerprint density at radius 1 is 1.39 bits per heavy atom. The number of nitrogens with zero attached hydrogens (tertiary/aromatic N) is 1. The number of amides is 1. The van der Waals surface area contributed by atoms with E-state index in [1.165, 1.54) is 0 Å². The maximum absolute atomic E-state index is 12.0. The van der Waals surface area contributed by atoms with E-state index >= 15 is 0 Å². The molecule has 0 aliphatic carbocycles. The number of rotatable bonds is 4. The molecule has 0 bridgehead atoms. The summed E-state index contributed by atoms with van der Waals surface area (Å²) < 4.78 is 0. The molecule has 2 atom stereocenters. The van der Waals surface area contributed by atoms with Gasteiger partial charge >= 0.3 is 7.12 Å². The summed E-state index contributed by atoms with van der Waals surface area (Å²) in [5.74, 6) is -0.458. The molecule has 4 N–H and O–H groups in total. The van der Waals surface area contributed by atoms with Gasteiger partial charge in [-0.2, -0.15) is 0 Å². The van der Waals surface area contributed by atoms with E-state index in [1.807, 2.05) is 0 Å². The van der Waals surface area contributed by atoms with Crippen molar-refractivity contribution < 1.29 is 14.8 Å². The lowest BCUT2D eigenvalue weighted by Crippen LogP contribution is -2.51. The summed E-state index contributed by atoms with van der Waals surface area (Å²) in [6, 6.07) is 0.350. The number of nitrogens with one attached hydrogen (secondary N) is 2. The molecule has 0 aromatic rings. The third kappa shape index (κ3) is 3.44. The lowest BCUT2D eigenvalue weighted by Gasteiger charge is -2.27. The van der Waals surface area contributed by atoms with Crippen LogP contribution in [0.4, 0.5) is 0 Å². The quantitative estimate of drug-likeness (QED) is 0.451. The van der Waals surface area contributed by atoms with Gasteiger partial charge in [-0.1, -0.05) is 0 Å². The first-order chi connectivity index (χ1) is 8.68. The summed E-state index contributed by atoms with van der Waals surface area (Å²) >= 11 is 0. The van der Waals surface area contributed by atoms with E-state index in [4.69, 9.17) is 0 Å². The van der Waals surface area contributed by atoms with Crippen LogP contribution in [0, 0.1) is 0 Å². The van der Waals surface area contributed by atoms with Crippen LogP contribution in [0.15, 0.2) is 0 Å². The first-order valence-corrected chi connectivity index (χ1v) is 6.78. The molecule has 6 nitrogen and oxygen atoms in total. The van der Waals surface area contributed by atoms with E-state index in [-0.39, 0.29) is 12.5 Å². The molecule has 2 aliphatic heterocycles. The predicted octanol–water partition coefficient (Wildman–Crippen LogP) is -1.67. The lowest BCUT2D eigenvalue weighted by molar-refractivity contribution is -0.130.